The Labute approximate surface area is 195 Å². The van der Waals surface area contributed by atoms with E-state index in [1.165, 1.54) is 7.11 Å². The molecule has 0 spiro atoms. The fraction of sp³-hybridized carbons (Fsp3) is 0.273. The number of carbonyl (C=O) groups is 1. The number of hydrogen-bond donors (Lipinski definition) is 1. The van der Waals surface area contributed by atoms with Gasteiger partial charge in [-0.2, -0.15) is 0 Å². The van der Waals surface area contributed by atoms with Crippen LogP contribution in [0.5, 0.6) is 11.5 Å². The Balaban J connectivity index is 1.64. The van der Waals surface area contributed by atoms with E-state index in [1.54, 1.807) is 50.4 Å². The maximum absolute atomic E-state index is 12.6. The maximum Gasteiger partial charge on any atom is 0.235 e. The fourth-order valence-corrected chi connectivity index (χ4v) is 4.70. The minimum atomic E-state index is -3.76. The molecule has 0 saturated carbocycles. The van der Waals surface area contributed by atoms with Gasteiger partial charge in [0.05, 0.1) is 25.7 Å². The first-order valence-corrected chi connectivity index (χ1v) is 12.2. The van der Waals surface area contributed by atoms with Crippen LogP contribution in [0.4, 0.5) is 0 Å². The number of nitrogens with zero attached hydrogens (tertiary/aromatic N) is 1. The van der Waals surface area contributed by atoms with Crippen LogP contribution in [0.15, 0.2) is 51.4 Å². The lowest BCUT2D eigenvalue weighted by atomic mass is 10.2. The molecule has 10 heteroatoms. The summed E-state index contributed by atoms with van der Waals surface area (Å²) in [6.07, 6.45) is 0. The summed E-state index contributed by atoms with van der Waals surface area (Å²) < 4.78 is 42.0. The van der Waals surface area contributed by atoms with Gasteiger partial charge in [-0.05, 0) is 49.4 Å². The van der Waals surface area contributed by atoms with Gasteiger partial charge < -0.3 is 19.2 Å². The fourth-order valence-electron chi connectivity index (χ4n) is 3.01. The van der Waals surface area contributed by atoms with Gasteiger partial charge in [0.2, 0.25) is 11.8 Å². The molecule has 3 aromatic rings. The Bertz CT molecular complexity index is 1210. The van der Waals surface area contributed by atoms with Gasteiger partial charge in [-0.1, -0.05) is 15.9 Å². The quantitative estimate of drug-likeness (QED) is 0.456. The molecular formula is C22H23BrN2O6S. The third-order valence-electron chi connectivity index (χ3n) is 4.66. The number of sulfone groups is 1. The number of rotatable bonds is 9. The number of aryl methyl sites for hydroxylation is 1. The van der Waals surface area contributed by atoms with Crippen molar-refractivity contribution in [3.05, 3.63) is 64.0 Å². The monoisotopic (exact) mass is 522 g/mol. The van der Waals surface area contributed by atoms with Crippen molar-refractivity contribution in [2.24, 2.45) is 0 Å². The van der Waals surface area contributed by atoms with Gasteiger partial charge in [-0.25, -0.2) is 13.4 Å². The van der Waals surface area contributed by atoms with Crippen molar-refractivity contribution in [1.29, 1.82) is 0 Å². The number of carbonyl (C=O) groups excluding carboxylic acids is 1. The van der Waals surface area contributed by atoms with Crippen LogP contribution in [-0.4, -0.2) is 39.3 Å². The summed E-state index contributed by atoms with van der Waals surface area (Å²) in [6, 6.07) is 12.4. The van der Waals surface area contributed by atoms with Crippen LogP contribution in [0.25, 0.3) is 11.5 Å². The van der Waals surface area contributed by atoms with Crippen molar-refractivity contribution in [1.82, 2.24) is 10.3 Å². The first kappa shape index (κ1) is 23.8. The molecule has 32 heavy (non-hydrogen) atoms. The SMILES string of the molecule is COc1ccc(-c2nc(CS(=O)(=O)CC(=O)NCc3cc(Br)ccc3OC)c(C)o2)cc1. The van der Waals surface area contributed by atoms with E-state index in [-0.39, 0.29) is 12.2 Å². The molecule has 3 rings (SSSR count). The number of aromatic nitrogens is 1. The van der Waals surface area contributed by atoms with Crippen molar-refractivity contribution in [3.63, 3.8) is 0 Å². The number of nitrogens with one attached hydrogen (secondary N) is 1. The Hall–Kier alpha value is -2.85. The van der Waals surface area contributed by atoms with E-state index in [0.29, 0.717) is 28.7 Å². The van der Waals surface area contributed by atoms with Crippen molar-refractivity contribution in [2.75, 3.05) is 20.0 Å². The zero-order valence-corrected chi connectivity index (χ0v) is 20.2. The van der Waals surface area contributed by atoms with E-state index in [1.807, 2.05) is 6.07 Å². The van der Waals surface area contributed by atoms with Crippen LogP contribution >= 0.6 is 15.9 Å². The molecule has 1 aromatic heterocycles. The Morgan fingerprint density at radius 2 is 1.84 bits per heavy atom. The number of halogens is 1. The molecule has 0 radical (unpaired) electrons. The van der Waals surface area contributed by atoms with Crippen molar-refractivity contribution in [3.8, 4) is 23.0 Å². The van der Waals surface area contributed by atoms with Crippen LogP contribution in [0, 0.1) is 6.92 Å². The third kappa shape index (κ3) is 6.10. The van der Waals surface area contributed by atoms with Crippen LogP contribution in [0.2, 0.25) is 0 Å². The second-order valence-electron chi connectivity index (χ2n) is 7.02. The minimum absolute atomic E-state index is 0.140. The van der Waals surface area contributed by atoms with Crippen LogP contribution in [0.1, 0.15) is 17.0 Å². The summed E-state index contributed by atoms with van der Waals surface area (Å²) in [5, 5.41) is 2.62. The molecule has 1 amide bonds. The molecule has 1 N–H and O–H groups in total. The zero-order valence-electron chi connectivity index (χ0n) is 17.8. The number of amides is 1. The predicted molar refractivity (Wildman–Crippen MR) is 123 cm³/mol. The van der Waals surface area contributed by atoms with Gasteiger partial charge in [0.15, 0.2) is 9.84 Å². The summed E-state index contributed by atoms with van der Waals surface area (Å²) in [6.45, 7) is 1.78. The Kier molecular flexibility index (Phi) is 7.57. The first-order chi connectivity index (χ1) is 15.2. The smallest absolute Gasteiger partial charge is 0.235 e. The number of methoxy groups -OCH3 is 2. The normalized spacial score (nSPS) is 11.2. The molecule has 0 aliphatic carbocycles. The lowest BCUT2D eigenvalue weighted by Gasteiger charge is -2.10. The average molecular weight is 523 g/mol. The molecular weight excluding hydrogens is 500 g/mol. The molecule has 0 bridgehead atoms. The highest BCUT2D eigenvalue weighted by molar-refractivity contribution is 9.10. The number of benzene rings is 2. The lowest BCUT2D eigenvalue weighted by molar-refractivity contribution is -0.118. The Morgan fingerprint density at radius 3 is 2.50 bits per heavy atom. The summed E-state index contributed by atoms with van der Waals surface area (Å²) in [4.78, 5) is 16.6. The third-order valence-corrected chi connectivity index (χ3v) is 6.56. The molecule has 1 heterocycles. The molecule has 0 aliphatic heterocycles. The highest BCUT2D eigenvalue weighted by atomic mass is 79.9. The predicted octanol–water partition coefficient (Wildman–Crippen LogP) is 3.66. The van der Waals surface area contributed by atoms with E-state index in [0.717, 1.165) is 10.0 Å². The van der Waals surface area contributed by atoms with E-state index >= 15 is 0 Å². The number of hydrogen-bond acceptors (Lipinski definition) is 7. The summed E-state index contributed by atoms with van der Waals surface area (Å²) in [5.74, 6) is 0.315. The van der Waals surface area contributed by atoms with Gasteiger partial charge in [0.25, 0.3) is 0 Å². The molecule has 2 aromatic carbocycles. The summed E-state index contributed by atoms with van der Waals surface area (Å²) >= 11 is 3.36. The molecule has 0 aliphatic rings. The summed E-state index contributed by atoms with van der Waals surface area (Å²) in [5.41, 5.74) is 1.69. The van der Waals surface area contributed by atoms with Crippen LogP contribution < -0.4 is 14.8 Å². The topological polar surface area (TPSA) is 108 Å². The lowest BCUT2D eigenvalue weighted by Crippen LogP contribution is -2.30. The highest BCUT2D eigenvalue weighted by Crippen LogP contribution is 2.25. The van der Waals surface area contributed by atoms with Crippen LogP contribution in [-0.2, 0) is 26.9 Å². The van der Waals surface area contributed by atoms with Gasteiger partial charge in [-0.15, -0.1) is 0 Å². The molecule has 0 unspecified atom stereocenters. The standard InChI is InChI=1S/C22H23BrN2O6S/c1-14-19(25-22(31-14)15-4-7-18(29-2)8-5-15)12-32(27,28)13-21(26)24-11-16-10-17(23)6-9-20(16)30-3/h4-10H,11-13H2,1-3H3,(H,24,26). The van der Waals surface area contributed by atoms with Crippen LogP contribution in [0.3, 0.4) is 0 Å². The summed E-state index contributed by atoms with van der Waals surface area (Å²) in [7, 11) is -0.664. The highest BCUT2D eigenvalue weighted by Gasteiger charge is 2.22. The Morgan fingerprint density at radius 1 is 1.12 bits per heavy atom. The molecule has 0 atom stereocenters. The van der Waals surface area contributed by atoms with Gasteiger partial charge in [0, 0.05) is 22.1 Å². The number of ether oxygens (including phenoxy) is 2. The van der Waals surface area contributed by atoms with E-state index in [9.17, 15) is 13.2 Å². The largest absolute Gasteiger partial charge is 0.497 e. The van der Waals surface area contributed by atoms with E-state index < -0.39 is 27.3 Å². The van der Waals surface area contributed by atoms with Crippen molar-refractivity contribution < 1.29 is 27.1 Å². The van der Waals surface area contributed by atoms with E-state index in [4.69, 9.17) is 13.9 Å². The molecule has 0 saturated heterocycles. The van der Waals surface area contributed by atoms with Gasteiger partial charge in [-0.3, -0.25) is 4.79 Å². The average Bonchev–Trinajstić information content (AvgIpc) is 3.11. The number of oxazole rings is 1. The van der Waals surface area contributed by atoms with Crippen molar-refractivity contribution in [2.45, 2.75) is 19.2 Å². The second-order valence-corrected chi connectivity index (χ2v) is 10.00. The molecule has 170 valence electrons. The zero-order chi connectivity index (χ0) is 23.3. The maximum atomic E-state index is 12.6. The molecule has 0 fully saturated rings. The van der Waals surface area contributed by atoms with E-state index in [2.05, 4.69) is 26.2 Å². The van der Waals surface area contributed by atoms with Crippen molar-refractivity contribution >= 4 is 31.7 Å². The second kappa shape index (κ2) is 10.2. The minimum Gasteiger partial charge on any atom is -0.497 e. The van der Waals surface area contributed by atoms with Gasteiger partial charge in [0.1, 0.15) is 23.0 Å². The molecule has 8 nitrogen and oxygen atoms in total. The van der Waals surface area contributed by atoms with Gasteiger partial charge >= 0.3 is 0 Å². The first-order valence-electron chi connectivity index (χ1n) is 9.61.